The van der Waals surface area contributed by atoms with Gasteiger partial charge in [-0.25, -0.2) is 9.78 Å². The van der Waals surface area contributed by atoms with Crippen molar-refractivity contribution in [2.24, 2.45) is 0 Å². The second-order valence-electron chi connectivity index (χ2n) is 6.01. The summed E-state index contributed by atoms with van der Waals surface area (Å²) in [5.74, 6) is 0.684. The van der Waals surface area contributed by atoms with Crippen LogP contribution in [0.1, 0.15) is 19.3 Å². The molecule has 2 saturated heterocycles. The average Bonchev–Trinajstić information content (AvgIpc) is 2.98. The van der Waals surface area contributed by atoms with Gasteiger partial charge >= 0.3 is 6.03 Å². The van der Waals surface area contributed by atoms with Gasteiger partial charge in [-0.05, 0) is 6.07 Å². The monoisotopic (exact) mass is 327 g/mol. The highest BCUT2D eigenvalue weighted by Gasteiger charge is 2.26. The van der Waals surface area contributed by atoms with Gasteiger partial charge in [0.05, 0.1) is 6.20 Å². The zero-order chi connectivity index (χ0) is 16.7. The number of nitrogens with one attached hydrogen (secondary N) is 1. The number of anilines is 2. The zero-order valence-electron chi connectivity index (χ0n) is 13.1. The molecular formula is C16H17N5O3. The van der Waals surface area contributed by atoms with Crippen LogP contribution in [0.15, 0.2) is 24.5 Å². The number of pyridine rings is 1. The lowest BCUT2D eigenvalue weighted by Gasteiger charge is -2.28. The third-order valence-corrected chi connectivity index (χ3v) is 4.49. The molecule has 24 heavy (non-hydrogen) atoms. The maximum absolute atomic E-state index is 12.0. The molecule has 1 N–H and O–H groups in total. The molecule has 2 aromatic rings. The summed E-state index contributed by atoms with van der Waals surface area (Å²) >= 11 is 0. The molecule has 0 aromatic carbocycles. The van der Waals surface area contributed by atoms with Crippen LogP contribution in [0.25, 0.3) is 5.65 Å². The van der Waals surface area contributed by atoms with E-state index in [0.29, 0.717) is 31.0 Å². The van der Waals surface area contributed by atoms with E-state index in [-0.39, 0.29) is 12.3 Å². The summed E-state index contributed by atoms with van der Waals surface area (Å²) in [6, 6.07) is 3.49. The molecular weight excluding hydrogens is 310 g/mol. The SMILES string of the molecule is O=C1CCN(c2ccn3c(N4CCC(=O)NC4=O)cnc3c2)CC1. The first-order valence-corrected chi connectivity index (χ1v) is 7.97. The van der Waals surface area contributed by atoms with Gasteiger partial charge in [-0.1, -0.05) is 0 Å². The molecule has 0 saturated carbocycles. The van der Waals surface area contributed by atoms with Gasteiger partial charge in [-0.3, -0.25) is 24.2 Å². The Hall–Kier alpha value is -2.90. The number of rotatable bonds is 2. The van der Waals surface area contributed by atoms with Crippen LogP contribution in [0.5, 0.6) is 0 Å². The molecule has 8 nitrogen and oxygen atoms in total. The van der Waals surface area contributed by atoms with Gasteiger partial charge in [0, 0.05) is 56.8 Å². The van der Waals surface area contributed by atoms with Crippen LogP contribution in [0.3, 0.4) is 0 Å². The number of fused-ring (bicyclic) bond motifs is 1. The molecule has 4 rings (SSSR count). The smallest absolute Gasteiger partial charge is 0.329 e. The second kappa shape index (κ2) is 5.63. The number of imide groups is 1. The Balaban J connectivity index is 1.62. The Morgan fingerprint density at radius 1 is 1.04 bits per heavy atom. The number of piperidine rings is 1. The maximum Gasteiger partial charge on any atom is 0.329 e. The fourth-order valence-electron chi connectivity index (χ4n) is 3.15. The van der Waals surface area contributed by atoms with E-state index in [1.807, 2.05) is 22.7 Å². The fraction of sp³-hybridized carbons (Fsp3) is 0.375. The van der Waals surface area contributed by atoms with Crippen LogP contribution >= 0.6 is 0 Å². The lowest BCUT2D eigenvalue weighted by atomic mass is 10.1. The largest absolute Gasteiger partial charge is 0.370 e. The highest BCUT2D eigenvalue weighted by molar-refractivity contribution is 6.05. The molecule has 124 valence electrons. The number of carbonyl (C=O) groups is 3. The average molecular weight is 327 g/mol. The van der Waals surface area contributed by atoms with E-state index < -0.39 is 6.03 Å². The number of Topliss-reactive ketones (excluding diaryl/α,β-unsaturated/α-hetero) is 1. The third-order valence-electron chi connectivity index (χ3n) is 4.49. The summed E-state index contributed by atoms with van der Waals surface area (Å²) in [6.45, 7) is 1.78. The lowest BCUT2D eigenvalue weighted by molar-refractivity contribution is -0.120. The number of hydrogen-bond acceptors (Lipinski definition) is 5. The van der Waals surface area contributed by atoms with Crippen LogP contribution in [-0.4, -0.2) is 46.7 Å². The van der Waals surface area contributed by atoms with Crippen molar-refractivity contribution in [3.05, 3.63) is 24.5 Å². The summed E-state index contributed by atoms with van der Waals surface area (Å²) in [4.78, 5) is 42.7. The van der Waals surface area contributed by atoms with Crippen molar-refractivity contribution in [1.29, 1.82) is 0 Å². The third kappa shape index (κ3) is 2.49. The van der Waals surface area contributed by atoms with Gasteiger partial charge < -0.3 is 4.90 Å². The Morgan fingerprint density at radius 2 is 1.83 bits per heavy atom. The first kappa shape index (κ1) is 14.7. The van der Waals surface area contributed by atoms with Gasteiger partial charge in [-0.15, -0.1) is 0 Å². The van der Waals surface area contributed by atoms with Crippen molar-refractivity contribution >= 4 is 34.9 Å². The summed E-state index contributed by atoms with van der Waals surface area (Å²) in [5.41, 5.74) is 1.74. The number of urea groups is 1. The molecule has 0 bridgehead atoms. The molecule has 0 spiro atoms. The van der Waals surface area contributed by atoms with E-state index in [1.54, 1.807) is 6.20 Å². The number of nitrogens with zero attached hydrogens (tertiary/aromatic N) is 4. The predicted octanol–water partition coefficient (Wildman–Crippen LogP) is 0.950. The molecule has 2 aliphatic heterocycles. The minimum atomic E-state index is -0.424. The van der Waals surface area contributed by atoms with Gasteiger partial charge in [0.1, 0.15) is 17.2 Å². The van der Waals surface area contributed by atoms with Crippen molar-refractivity contribution in [2.75, 3.05) is 29.4 Å². The quantitative estimate of drug-likeness (QED) is 0.887. The van der Waals surface area contributed by atoms with Crippen molar-refractivity contribution < 1.29 is 14.4 Å². The Labute approximate surface area is 138 Å². The maximum atomic E-state index is 12.0. The van der Waals surface area contributed by atoms with Crippen molar-refractivity contribution in [3.8, 4) is 0 Å². The normalized spacial score (nSPS) is 19.1. The number of hydrogen-bond donors (Lipinski definition) is 1. The Bertz CT molecular complexity index is 833. The Morgan fingerprint density at radius 3 is 2.58 bits per heavy atom. The van der Waals surface area contributed by atoms with Gasteiger partial charge in [0.15, 0.2) is 0 Å². The highest BCUT2D eigenvalue weighted by Crippen LogP contribution is 2.24. The number of imidazole rings is 1. The predicted molar refractivity (Wildman–Crippen MR) is 87.1 cm³/mol. The van der Waals surface area contributed by atoms with Crippen LogP contribution in [0.2, 0.25) is 0 Å². The second-order valence-corrected chi connectivity index (χ2v) is 6.01. The molecule has 2 aliphatic rings. The zero-order valence-corrected chi connectivity index (χ0v) is 13.1. The topological polar surface area (TPSA) is 87.0 Å². The lowest BCUT2D eigenvalue weighted by Crippen LogP contribution is -2.50. The minimum Gasteiger partial charge on any atom is -0.370 e. The van der Waals surface area contributed by atoms with Gasteiger partial charge in [0.25, 0.3) is 0 Å². The van der Waals surface area contributed by atoms with E-state index in [1.165, 1.54) is 4.90 Å². The molecule has 0 aliphatic carbocycles. The van der Waals surface area contributed by atoms with Crippen LogP contribution in [-0.2, 0) is 9.59 Å². The van der Waals surface area contributed by atoms with Crippen molar-refractivity contribution in [1.82, 2.24) is 14.7 Å². The summed E-state index contributed by atoms with van der Waals surface area (Å²) in [5, 5.41) is 2.32. The first-order chi connectivity index (χ1) is 11.6. The standard InChI is InChI=1S/C16H17N5O3/c22-12-2-5-19(6-3-12)11-1-7-20-13(9-11)17-10-15(20)21-8-4-14(23)18-16(21)24/h1,7,9-10H,2-6,8H2,(H,18,23,24). The van der Waals surface area contributed by atoms with E-state index in [9.17, 15) is 14.4 Å². The highest BCUT2D eigenvalue weighted by atomic mass is 16.2. The van der Waals surface area contributed by atoms with E-state index in [2.05, 4.69) is 15.2 Å². The summed E-state index contributed by atoms with van der Waals surface area (Å²) in [6.07, 6.45) is 4.93. The number of aromatic nitrogens is 2. The molecule has 0 unspecified atom stereocenters. The van der Waals surface area contributed by atoms with Crippen molar-refractivity contribution in [2.45, 2.75) is 19.3 Å². The number of ketones is 1. The van der Waals surface area contributed by atoms with Gasteiger partial charge in [0.2, 0.25) is 5.91 Å². The summed E-state index contributed by atoms with van der Waals surface area (Å²) < 4.78 is 1.83. The molecule has 0 atom stereocenters. The molecule has 8 heteroatoms. The van der Waals surface area contributed by atoms with Crippen molar-refractivity contribution in [3.63, 3.8) is 0 Å². The molecule has 2 aromatic heterocycles. The van der Waals surface area contributed by atoms with Crippen LogP contribution < -0.4 is 15.1 Å². The molecule has 3 amide bonds. The van der Waals surface area contributed by atoms with Crippen LogP contribution in [0.4, 0.5) is 16.3 Å². The molecule has 0 radical (unpaired) electrons. The number of carbonyl (C=O) groups excluding carboxylic acids is 3. The number of amides is 3. The first-order valence-electron chi connectivity index (χ1n) is 7.97. The molecule has 2 fully saturated rings. The molecule has 4 heterocycles. The Kier molecular flexibility index (Phi) is 3.44. The van der Waals surface area contributed by atoms with E-state index in [4.69, 9.17) is 0 Å². The van der Waals surface area contributed by atoms with E-state index >= 15 is 0 Å². The van der Waals surface area contributed by atoms with E-state index in [0.717, 1.165) is 24.4 Å². The minimum absolute atomic E-state index is 0.257. The van der Waals surface area contributed by atoms with Crippen LogP contribution in [0, 0.1) is 0 Å². The summed E-state index contributed by atoms with van der Waals surface area (Å²) in [7, 11) is 0. The fourth-order valence-corrected chi connectivity index (χ4v) is 3.15. The van der Waals surface area contributed by atoms with Gasteiger partial charge in [-0.2, -0.15) is 0 Å².